The lowest BCUT2D eigenvalue weighted by molar-refractivity contribution is 0.0433. The van der Waals surface area contributed by atoms with Crippen molar-refractivity contribution in [2.45, 2.75) is 38.9 Å². The fourth-order valence-electron chi connectivity index (χ4n) is 2.14. The molecule has 0 aromatic heterocycles. The van der Waals surface area contributed by atoms with Crippen molar-refractivity contribution < 1.29 is 17.9 Å². The van der Waals surface area contributed by atoms with E-state index in [1.807, 2.05) is 6.92 Å². The molecule has 1 aromatic rings. The predicted octanol–water partition coefficient (Wildman–Crippen LogP) is 2.20. The first-order chi connectivity index (χ1) is 9.41. The minimum absolute atomic E-state index is 0.0154. The summed E-state index contributed by atoms with van der Waals surface area (Å²) in [5.74, 6) is -0.0270. The molecule has 1 aliphatic rings. The molecule has 110 valence electrons. The standard InChI is InChI=1S/C14H19NO4S/c1-3-20(17,18)15-12-7-5-11(6-8-12)14(16)13-9-4-10(2)19-13/h5-8,10,13,15H,3-4,9H2,1-2H3. The minimum Gasteiger partial charge on any atom is -0.367 e. The lowest BCUT2D eigenvalue weighted by atomic mass is 10.0. The van der Waals surface area contributed by atoms with Crippen LogP contribution in [0.1, 0.15) is 37.0 Å². The lowest BCUT2D eigenvalue weighted by Gasteiger charge is -2.11. The summed E-state index contributed by atoms with van der Waals surface area (Å²) >= 11 is 0. The first-order valence-corrected chi connectivity index (χ1v) is 8.36. The molecule has 1 aromatic carbocycles. The first kappa shape index (κ1) is 15.0. The van der Waals surface area contributed by atoms with E-state index in [0.717, 1.165) is 12.8 Å². The molecule has 0 spiro atoms. The van der Waals surface area contributed by atoms with Crippen molar-refractivity contribution in [3.05, 3.63) is 29.8 Å². The molecule has 2 unspecified atom stereocenters. The molecule has 1 aliphatic heterocycles. The molecule has 1 saturated heterocycles. The molecular weight excluding hydrogens is 278 g/mol. The monoisotopic (exact) mass is 297 g/mol. The largest absolute Gasteiger partial charge is 0.367 e. The third-order valence-electron chi connectivity index (χ3n) is 3.35. The van der Waals surface area contributed by atoms with E-state index in [9.17, 15) is 13.2 Å². The number of hydrogen-bond acceptors (Lipinski definition) is 4. The third kappa shape index (κ3) is 3.58. The van der Waals surface area contributed by atoms with Gasteiger partial charge in [-0.3, -0.25) is 9.52 Å². The van der Waals surface area contributed by atoms with E-state index >= 15 is 0 Å². The second kappa shape index (κ2) is 5.93. The zero-order chi connectivity index (χ0) is 14.8. The molecular formula is C14H19NO4S. The van der Waals surface area contributed by atoms with Crippen molar-refractivity contribution in [1.82, 2.24) is 0 Å². The fraction of sp³-hybridized carbons (Fsp3) is 0.500. The number of ether oxygens (including phenoxy) is 1. The molecule has 5 nitrogen and oxygen atoms in total. The maximum absolute atomic E-state index is 12.2. The van der Waals surface area contributed by atoms with Gasteiger partial charge in [0.05, 0.1) is 11.9 Å². The van der Waals surface area contributed by atoms with Crippen molar-refractivity contribution in [3.63, 3.8) is 0 Å². The Morgan fingerprint density at radius 1 is 1.30 bits per heavy atom. The topological polar surface area (TPSA) is 72.5 Å². The maximum Gasteiger partial charge on any atom is 0.232 e. The summed E-state index contributed by atoms with van der Waals surface area (Å²) in [6.45, 7) is 3.52. The fourth-order valence-corrected chi connectivity index (χ4v) is 2.78. The van der Waals surface area contributed by atoms with Crippen molar-refractivity contribution in [3.8, 4) is 0 Å². The van der Waals surface area contributed by atoms with E-state index in [1.54, 1.807) is 31.2 Å². The number of anilines is 1. The van der Waals surface area contributed by atoms with E-state index in [2.05, 4.69) is 4.72 Å². The number of carbonyl (C=O) groups is 1. The number of rotatable bonds is 5. The number of sulfonamides is 1. The van der Waals surface area contributed by atoms with E-state index in [4.69, 9.17) is 4.74 Å². The van der Waals surface area contributed by atoms with Crippen molar-refractivity contribution in [1.29, 1.82) is 0 Å². The van der Waals surface area contributed by atoms with Crippen LogP contribution in [0.15, 0.2) is 24.3 Å². The molecule has 1 N–H and O–H groups in total. The number of Topliss-reactive ketones (excluding diaryl/α,β-unsaturated/α-hetero) is 1. The second-order valence-electron chi connectivity index (χ2n) is 4.96. The molecule has 6 heteroatoms. The molecule has 0 aliphatic carbocycles. The van der Waals surface area contributed by atoms with Crippen LogP contribution in [0.4, 0.5) is 5.69 Å². The molecule has 2 atom stereocenters. The molecule has 1 heterocycles. The normalized spacial score (nSPS) is 22.7. The maximum atomic E-state index is 12.2. The SMILES string of the molecule is CCS(=O)(=O)Nc1ccc(C(=O)C2CCC(C)O2)cc1. The summed E-state index contributed by atoms with van der Waals surface area (Å²) < 4.78 is 30.9. The van der Waals surface area contributed by atoms with Gasteiger partial charge in [0.15, 0.2) is 5.78 Å². The van der Waals surface area contributed by atoms with Gasteiger partial charge in [0.1, 0.15) is 6.10 Å². The van der Waals surface area contributed by atoms with Crippen LogP contribution in [-0.2, 0) is 14.8 Å². The van der Waals surface area contributed by atoms with Crippen molar-refractivity contribution in [2.75, 3.05) is 10.5 Å². The Bertz CT molecular complexity index is 580. The summed E-state index contributed by atoms with van der Waals surface area (Å²) in [5.41, 5.74) is 1.01. The second-order valence-corrected chi connectivity index (χ2v) is 6.97. The van der Waals surface area contributed by atoms with E-state index in [0.29, 0.717) is 11.3 Å². The minimum atomic E-state index is -3.29. The van der Waals surface area contributed by atoms with Crippen LogP contribution in [0.25, 0.3) is 0 Å². The molecule has 2 rings (SSSR count). The molecule has 1 fully saturated rings. The number of hydrogen-bond donors (Lipinski definition) is 1. The number of nitrogens with one attached hydrogen (secondary N) is 1. The lowest BCUT2D eigenvalue weighted by Crippen LogP contribution is -2.21. The third-order valence-corrected chi connectivity index (χ3v) is 4.65. The van der Waals surface area contributed by atoms with Crippen LogP contribution < -0.4 is 4.72 Å². The van der Waals surface area contributed by atoms with Gasteiger partial charge < -0.3 is 4.74 Å². The predicted molar refractivity (Wildman–Crippen MR) is 77.4 cm³/mol. The Hall–Kier alpha value is -1.40. The zero-order valence-corrected chi connectivity index (χ0v) is 12.4. The Morgan fingerprint density at radius 2 is 1.95 bits per heavy atom. The summed E-state index contributed by atoms with van der Waals surface area (Å²) in [7, 11) is -3.29. The summed E-state index contributed by atoms with van der Waals surface area (Å²) in [4.78, 5) is 12.2. The van der Waals surface area contributed by atoms with Crippen LogP contribution in [0.5, 0.6) is 0 Å². The van der Waals surface area contributed by atoms with Crippen LogP contribution in [0.2, 0.25) is 0 Å². The van der Waals surface area contributed by atoms with Crippen LogP contribution >= 0.6 is 0 Å². The highest BCUT2D eigenvalue weighted by atomic mass is 32.2. The van der Waals surface area contributed by atoms with Crippen molar-refractivity contribution >= 4 is 21.5 Å². The number of benzene rings is 1. The van der Waals surface area contributed by atoms with Gasteiger partial charge >= 0.3 is 0 Å². The molecule has 20 heavy (non-hydrogen) atoms. The highest BCUT2D eigenvalue weighted by Crippen LogP contribution is 2.23. The van der Waals surface area contributed by atoms with Gasteiger partial charge in [0.2, 0.25) is 10.0 Å². The van der Waals surface area contributed by atoms with Gasteiger partial charge in [-0.05, 0) is 51.0 Å². The number of ketones is 1. The van der Waals surface area contributed by atoms with Crippen LogP contribution in [-0.4, -0.2) is 32.2 Å². The average molecular weight is 297 g/mol. The molecule has 0 amide bonds. The smallest absolute Gasteiger partial charge is 0.232 e. The van der Waals surface area contributed by atoms with Gasteiger partial charge in [-0.1, -0.05) is 0 Å². The van der Waals surface area contributed by atoms with Gasteiger partial charge in [0.25, 0.3) is 0 Å². The summed E-state index contributed by atoms with van der Waals surface area (Å²) in [6.07, 6.45) is 1.39. The quantitative estimate of drug-likeness (QED) is 0.846. The average Bonchev–Trinajstić information content (AvgIpc) is 2.85. The summed E-state index contributed by atoms with van der Waals surface area (Å²) in [5, 5.41) is 0. The Labute approximate surface area is 119 Å². The first-order valence-electron chi connectivity index (χ1n) is 6.71. The van der Waals surface area contributed by atoms with E-state index < -0.39 is 10.0 Å². The zero-order valence-electron chi connectivity index (χ0n) is 11.6. The Morgan fingerprint density at radius 3 is 2.45 bits per heavy atom. The molecule has 0 bridgehead atoms. The molecule has 0 saturated carbocycles. The molecule has 0 radical (unpaired) electrons. The van der Waals surface area contributed by atoms with Crippen LogP contribution in [0.3, 0.4) is 0 Å². The van der Waals surface area contributed by atoms with Gasteiger partial charge in [-0.15, -0.1) is 0 Å². The summed E-state index contributed by atoms with van der Waals surface area (Å²) in [6, 6.07) is 6.45. The van der Waals surface area contributed by atoms with E-state index in [-0.39, 0.29) is 23.7 Å². The van der Waals surface area contributed by atoms with Gasteiger partial charge in [-0.25, -0.2) is 8.42 Å². The Kier molecular flexibility index (Phi) is 4.45. The van der Waals surface area contributed by atoms with E-state index in [1.165, 1.54) is 0 Å². The highest BCUT2D eigenvalue weighted by Gasteiger charge is 2.28. The number of carbonyl (C=O) groups excluding carboxylic acids is 1. The van der Waals surface area contributed by atoms with Gasteiger partial charge in [0, 0.05) is 11.3 Å². The highest BCUT2D eigenvalue weighted by molar-refractivity contribution is 7.92. The van der Waals surface area contributed by atoms with Gasteiger partial charge in [-0.2, -0.15) is 0 Å². The Balaban J connectivity index is 2.06. The van der Waals surface area contributed by atoms with Crippen LogP contribution in [0, 0.1) is 0 Å². The van der Waals surface area contributed by atoms with Crippen molar-refractivity contribution in [2.24, 2.45) is 0 Å².